The van der Waals surface area contributed by atoms with E-state index in [2.05, 4.69) is 26.0 Å². The average molecular weight is 294 g/mol. The summed E-state index contributed by atoms with van der Waals surface area (Å²) in [7, 11) is 0. The highest BCUT2D eigenvalue weighted by molar-refractivity contribution is 9.09. The van der Waals surface area contributed by atoms with Crippen LogP contribution in [0.25, 0.3) is 0 Å². The van der Waals surface area contributed by atoms with Gasteiger partial charge in [-0.2, -0.15) is 0 Å². The maximum absolute atomic E-state index is 9.60. The summed E-state index contributed by atoms with van der Waals surface area (Å²) in [6, 6.07) is 0. The fourth-order valence-corrected chi connectivity index (χ4v) is 2.12. The van der Waals surface area contributed by atoms with Gasteiger partial charge in [0.05, 0.1) is 0 Å². The van der Waals surface area contributed by atoms with E-state index in [1.54, 1.807) is 0 Å². The first kappa shape index (κ1) is 15.9. The number of ether oxygens (including phenoxy) is 1. The van der Waals surface area contributed by atoms with Gasteiger partial charge in [0, 0.05) is 5.33 Å². The number of carbonyl (C=O) groups is 1. The van der Waals surface area contributed by atoms with Crippen molar-refractivity contribution in [3.63, 3.8) is 0 Å². The van der Waals surface area contributed by atoms with Crippen molar-refractivity contribution < 1.29 is 9.53 Å². The average Bonchev–Trinajstić information content (AvgIpc) is 2.19. The van der Waals surface area contributed by atoms with Crippen LogP contribution in [0.15, 0.2) is 0 Å². The second-order valence-electron chi connectivity index (χ2n) is 5.02. The molecule has 3 nitrogen and oxygen atoms in total. The van der Waals surface area contributed by atoms with Gasteiger partial charge in [0.15, 0.2) is 0 Å². The number of alkyl halides is 1. The molecule has 1 aliphatic heterocycles. The molecule has 1 N–H and O–H groups in total. The Labute approximate surface area is 107 Å². The second-order valence-corrected chi connectivity index (χ2v) is 5.81. The Balaban J connectivity index is 0.000000293. The monoisotopic (exact) mass is 293 g/mol. The Morgan fingerprint density at radius 3 is 2.50 bits per heavy atom. The molecule has 0 aromatic rings. The molecule has 1 fully saturated rings. The predicted octanol–water partition coefficient (Wildman–Crippen LogP) is 2.73. The van der Waals surface area contributed by atoms with Crippen molar-refractivity contribution in [3.8, 4) is 0 Å². The molecule has 0 aliphatic carbocycles. The molecule has 0 aromatic heterocycles. The minimum atomic E-state index is -0.318. The fraction of sp³-hybridized carbons (Fsp3) is 0.917. The standard InChI is InChI=1S/C7H14BrN.C5H10O2/c8-4-3-7-2-1-5-9-6-7;1-5(2,3)7-4-6/h7,9H,1-6H2;4H,1-3H3. The van der Waals surface area contributed by atoms with Gasteiger partial charge in [0.2, 0.25) is 0 Å². The molecule has 1 rings (SSSR count). The molecule has 1 unspecified atom stereocenters. The summed E-state index contributed by atoms with van der Waals surface area (Å²) in [6.07, 6.45) is 4.14. The van der Waals surface area contributed by atoms with Gasteiger partial charge in [-0.15, -0.1) is 0 Å². The predicted molar refractivity (Wildman–Crippen MR) is 70.9 cm³/mol. The van der Waals surface area contributed by atoms with Crippen molar-refractivity contribution in [2.24, 2.45) is 5.92 Å². The summed E-state index contributed by atoms with van der Waals surface area (Å²) in [6.45, 7) is 8.40. The number of carbonyl (C=O) groups excluding carboxylic acids is 1. The van der Waals surface area contributed by atoms with E-state index in [9.17, 15) is 4.79 Å². The van der Waals surface area contributed by atoms with Crippen LogP contribution in [0.4, 0.5) is 0 Å². The van der Waals surface area contributed by atoms with Gasteiger partial charge in [0.1, 0.15) is 5.60 Å². The Morgan fingerprint density at radius 2 is 2.19 bits per heavy atom. The lowest BCUT2D eigenvalue weighted by molar-refractivity contribution is -0.138. The Kier molecular flexibility index (Phi) is 8.94. The van der Waals surface area contributed by atoms with Gasteiger partial charge >= 0.3 is 0 Å². The lowest BCUT2D eigenvalue weighted by Gasteiger charge is -2.21. The first-order valence-electron chi connectivity index (χ1n) is 5.87. The summed E-state index contributed by atoms with van der Waals surface area (Å²) in [4.78, 5) is 9.60. The quantitative estimate of drug-likeness (QED) is 0.642. The number of nitrogens with one attached hydrogen (secondary N) is 1. The minimum absolute atomic E-state index is 0.318. The number of hydrogen-bond donors (Lipinski definition) is 1. The van der Waals surface area contributed by atoms with Crippen LogP contribution in [0.1, 0.15) is 40.0 Å². The van der Waals surface area contributed by atoms with Crippen LogP contribution in [-0.2, 0) is 9.53 Å². The number of halogens is 1. The fourth-order valence-electron chi connectivity index (χ4n) is 1.47. The van der Waals surface area contributed by atoms with Crippen LogP contribution in [0.2, 0.25) is 0 Å². The summed E-state index contributed by atoms with van der Waals surface area (Å²) in [5, 5.41) is 4.56. The van der Waals surface area contributed by atoms with E-state index in [1.165, 1.54) is 37.7 Å². The highest BCUT2D eigenvalue weighted by atomic mass is 79.9. The third kappa shape index (κ3) is 10.4. The molecule has 16 heavy (non-hydrogen) atoms. The van der Waals surface area contributed by atoms with Crippen LogP contribution >= 0.6 is 15.9 Å². The van der Waals surface area contributed by atoms with Crippen molar-refractivity contribution in [1.29, 1.82) is 0 Å². The van der Waals surface area contributed by atoms with Gasteiger partial charge < -0.3 is 10.1 Å². The summed E-state index contributed by atoms with van der Waals surface area (Å²) >= 11 is 3.46. The highest BCUT2D eigenvalue weighted by Gasteiger charge is 2.10. The van der Waals surface area contributed by atoms with Crippen LogP contribution in [0.5, 0.6) is 0 Å². The molecule has 1 atom stereocenters. The summed E-state index contributed by atoms with van der Waals surface area (Å²) in [5.41, 5.74) is -0.318. The van der Waals surface area contributed by atoms with Crippen LogP contribution in [0, 0.1) is 5.92 Å². The third-order valence-corrected chi connectivity index (χ3v) is 2.78. The summed E-state index contributed by atoms with van der Waals surface area (Å²) < 4.78 is 4.55. The van der Waals surface area contributed by atoms with Crippen LogP contribution in [-0.4, -0.2) is 30.5 Å². The number of rotatable bonds is 3. The van der Waals surface area contributed by atoms with E-state index >= 15 is 0 Å². The zero-order valence-corrected chi connectivity index (χ0v) is 12.2. The van der Waals surface area contributed by atoms with E-state index < -0.39 is 0 Å². The highest BCUT2D eigenvalue weighted by Crippen LogP contribution is 2.14. The number of hydrogen-bond acceptors (Lipinski definition) is 3. The maximum Gasteiger partial charge on any atom is 0.293 e. The Hall–Kier alpha value is -0.0900. The zero-order valence-electron chi connectivity index (χ0n) is 10.6. The van der Waals surface area contributed by atoms with Crippen LogP contribution in [0.3, 0.4) is 0 Å². The molecule has 1 aliphatic rings. The van der Waals surface area contributed by atoms with Crippen molar-refractivity contribution in [2.45, 2.75) is 45.6 Å². The minimum Gasteiger partial charge on any atom is -0.462 e. The molecule has 96 valence electrons. The van der Waals surface area contributed by atoms with E-state index in [1.807, 2.05) is 20.8 Å². The molecule has 0 spiro atoms. The third-order valence-electron chi connectivity index (χ3n) is 2.32. The maximum atomic E-state index is 9.60. The lowest BCUT2D eigenvalue weighted by Crippen LogP contribution is -2.29. The molecule has 0 amide bonds. The van der Waals surface area contributed by atoms with Crippen molar-refractivity contribution in [3.05, 3.63) is 0 Å². The molecule has 0 saturated carbocycles. The van der Waals surface area contributed by atoms with Gasteiger partial charge in [-0.25, -0.2) is 0 Å². The second kappa shape index (κ2) is 8.99. The molecule has 0 aromatic carbocycles. The first-order valence-corrected chi connectivity index (χ1v) is 7.00. The van der Waals surface area contributed by atoms with E-state index in [0.717, 1.165) is 5.92 Å². The Morgan fingerprint density at radius 1 is 1.50 bits per heavy atom. The Bertz CT molecular complexity index is 172. The van der Waals surface area contributed by atoms with Gasteiger partial charge in [-0.1, -0.05) is 15.9 Å². The molecule has 0 radical (unpaired) electrons. The smallest absolute Gasteiger partial charge is 0.293 e. The topological polar surface area (TPSA) is 38.3 Å². The van der Waals surface area contributed by atoms with E-state index in [4.69, 9.17) is 0 Å². The SMILES string of the molecule is BrCCC1CCCNC1.CC(C)(C)OC=O. The van der Waals surface area contributed by atoms with Gasteiger partial charge in [0.25, 0.3) is 6.47 Å². The van der Waals surface area contributed by atoms with Crippen LogP contribution < -0.4 is 5.32 Å². The lowest BCUT2D eigenvalue weighted by atomic mass is 9.97. The largest absolute Gasteiger partial charge is 0.462 e. The molecule has 4 heteroatoms. The summed E-state index contributed by atoms with van der Waals surface area (Å²) in [5.74, 6) is 0.943. The van der Waals surface area contributed by atoms with Gasteiger partial charge in [-0.3, -0.25) is 4.79 Å². The van der Waals surface area contributed by atoms with Crippen molar-refractivity contribution in [1.82, 2.24) is 5.32 Å². The molecule has 1 saturated heterocycles. The normalized spacial score (nSPS) is 20.6. The van der Waals surface area contributed by atoms with E-state index in [0.29, 0.717) is 6.47 Å². The van der Waals surface area contributed by atoms with E-state index in [-0.39, 0.29) is 5.60 Å². The molecule has 0 bridgehead atoms. The molecular formula is C12H24BrNO2. The van der Waals surface area contributed by atoms with Crippen molar-refractivity contribution in [2.75, 3.05) is 18.4 Å². The zero-order chi connectivity index (χ0) is 12.4. The van der Waals surface area contributed by atoms with Crippen molar-refractivity contribution >= 4 is 22.4 Å². The molecular weight excluding hydrogens is 270 g/mol. The van der Waals surface area contributed by atoms with Gasteiger partial charge in [-0.05, 0) is 59.0 Å². The number of piperidine rings is 1. The first-order chi connectivity index (χ1) is 7.49. The molecule has 1 heterocycles.